The summed E-state index contributed by atoms with van der Waals surface area (Å²) in [6.45, 7) is 6.55. The number of ether oxygens (including phenoxy) is 1. The van der Waals surface area contributed by atoms with Crippen molar-refractivity contribution in [1.29, 1.82) is 0 Å². The Labute approximate surface area is 222 Å². The van der Waals surface area contributed by atoms with Crippen molar-refractivity contribution in [2.75, 3.05) is 38.2 Å². The molecule has 1 aliphatic heterocycles. The summed E-state index contributed by atoms with van der Waals surface area (Å²) in [5.41, 5.74) is 7.93. The van der Waals surface area contributed by atoms with Gasteiger partial charge in [-0.2, -0.15) is 0 Å². The number of benzene rings is 1. The first-order valence-corrected chi connectivity index (χ1v) is 12.6. The smallest absolute Gasteiger partial charge is 0.410 e. The predicted molar refractivity (Wildman–Crippen MR) is 145 cm³/mol. The third-order valence-electron chi connectivity index (χ3n) is 6.39. The average molecular weight is 522 g/mol. The lowest BCUT2D eigenvalue weighted by Crippen LogP contribution is -2.43. The van der Waals surface area contributed by atoms with Gasteiger partial charge in [0.25, 0.3) is 5.91 Å². The van der Waals surface area contributed by atoms with Crippen molar-refractivity contribution in [2.45, 2.75) is 51.7 Å². The van der Waals surface area contributed by atoms with Crippen LogP contribution in [0.1, 0.15) is 55.6 Å². The molecule has 3 heterocycles. The highest BCUT2D eigenvalue weighted by atomic mass is 16.6. The zero-order chi connectivity index (χ0) is 27.6. The van der Waals surface area contributed by atoms with E-state index < -0.39 is 5.60 Å². The molecular weight excluding hydrogens is 486 g/mol. The van der Waals surface area contributed by atoms with E-state index in [4.69, 9.17) is 10.5 Å². The van der Waals surface area contributed by atoms with Gasteiger partial charge in [0.05, 0.1) is 23.4 Å². The number of hydrogen-bond donors (Lipinski definition) is 2. The number of aromatic nitrogens is 3. The zero-order valence-electron chi connectivity index (χ0n) is 22.5. The minimum Gasteiger partial charge on any atom is -0.444 e. The van der Waals surface area contributed by atoms with Crippen molar-refractivity contribution < 1.29 is 19.1 Å². The third kappa shape index (κ3) is 6.04. The monoisotopic (exact) mass is 521 g/mol. The number of nitrogen functional groups attached to an aromatic ring is 1. The Morgan fingerprint density at radius 1 is 1.16 bits per heavy atom. The molecule has 2 aromatic heterocycles. The van der Waals surface area contributed by atoms with Gasteiger partial charge in [-0.05, 0) is 51.3 Å². The number of nitrogens with zero attached hydrogens (tertiary/aromatic N) is 5. The lowest BCUT2D eigenvalue weighted by Gasteiger charge is -2.34. The van der Waals surface area contributed by atoms with Gasteiger partial charge in [-0.15, -0.1) is 0 Å². The molecule has 1 saturated heterocycles. The van der Waals surface area contributed by atoms with Crippen LogP contribution in [0.2, 0.25) is 0 Å². The molecule has 0 bridgehead atoms. The van der Waals surface area contributed by atoms with Gasteiger partial charge in [-0.1, -0.05) is 12.1 Å². The minimum atomic E-state index is -0.586. The number of fused-ring (bicyclic) bond motifs is 1. The van der Waals surface area contributed by atoms with E-state index in [1.165, 1.54) is 11.2 Å². The number of amides is 3. The van der Waals surface area contributed by atoms with Crippen molar-refractivity contribution >= 4 is 40.4 Å². The van der Waals surface area contributed by atoms with E-state index in [0.717, 1.165) is 18.4 Å². The second-order valence-electron chi connectivity index (χ2n) is 10.7. The van der Waals surface area contributed by atoms with E-state index in [-0.39, 0.29) is 36.2 Å². The number of carbonyl (C=O) groups excluding carboxylic acids is 3. The molecule has 1 atom stereocenters. The van der Waals surface area contributed by atoms with Crippen LogP contribution in [0.4, 0.5) is 16.3 Å². The molecule has 11 heteroatoms. The van der Waals surface area contributed by atoms with Gasteiger partial charge in [0.15, 0.2) is 0 Å². The predicted octanol–water partition coefficient (Wildman–Crippen LogP) is 3.47. The maximum Gasteiger partial charge on any atom is 0.410 e. The summed E-state index contributed by atoms with van der Waals surface area (Å²) in [4.78, 5) is 49.8. The van der Waals surface area contributed by atoms with Crippen LogP contribution in [0.5, 0.6) is 0 Å². The quantitative estimate of drug-likeness (QED) is 0.525. The number of nitrogens with two attached hydrogens (primary N) is 1. The molecule has 38 heavy (non-hydrogen) atoms. The van der Waals surface area contributed by atoms with Gasteiger partial charge in [-0.25, -0.2) is 14.8 Å². The van der Waals surface area contributed by atoms with Crippen LogP contribution in [0.25, 0.3) is 11.0 Å². The number of nitrogens with one attached hydrogen (secondary N) is 1. The van der Waals surface area contributed by atoms with Crippen LogP contribution in [-0.2, 0) is 16.0 Å². The summed E-state index contributed by atoms with van der Waals surface area (Å²) < 4.78 is 7.48. The van der Waals surface area contributed by atoms with Crippen LogP contribution in [0, 0.1) is 0 Å². The summed E-state index contributed by atoms with van der Waals surface area (Å²) in [6.07, 6.45) is 4.62. The molecule has 0 radical (unpaired) electrons. The fraction of sp³-hybridized carbons (Fsp3) is 0.444. The molecule has 0 spiro atoms. The maximum absolute atomic E-state index is 13.4. The van der Waals surface area contributed by atoms with Crippen LogP contribution < -0.4 is 11.1 Å². The van der Waals surface area contributed by atoms with Gasteiger partial charge < -0.3 is 30.2 Å². The number of piperidine rings is 1. The van der Waals surface area contributed by atoms with Gasteiger partial charge in [0, 0.05) is 39.1 Å². The highest BCUT2D eigenvalue weighted by Gasteiger charge is 2.31. The Morgan fingerprint density at radius 3 is 2.53 bits per heavy atom. The normalized spacial score (nSPS) is 15.8. The van der Waals surface area contributed by atoms with E-state index in [2.05, 4.69) is 15.3 Å². The van der Waals surface area contributed by atoms with E-state index in [0.29, 0.717) is 35.4 Å². The van der Waals surface area contributed by atoms with E-state index in [9.17, 15) is 14.4 Å². The van der Waals surface area contributed by atoms with Gasteiger partial charge >= 0.3 is 6.09 Å². The van der Waals surface area contributed by atoms with Gasteiger partial charge in [0.2, 0.25) is 5.91 Å². The molecule has 11 nitrogen and oxygen atoms in total. The average Bonchev–Trinajstić information content (AvgIpc) is 3.25. The SMILES string of the molecule is CN(C)C(=O)Cc1ccc(NC(=O)c2cn([C@@H]3CCCN(C(=O)OC(C)(C)C)C3)c3ncnc(N)c23)cc1. The first-order chi connectivity index (χ1) is 17.9. The molecule has 1 aromatic carbocycles. The van der Waals surface area contributed by atoms with Gasteiger partial charge in [-0.3, -0.25) is 9.59 Å². The number of hydrogen-bond acceptors (Lipinski definition) is 7. The summed E-state index contributed by atoms with van der Waals surface area (Å²) >= 11 is 0. The Bertz CT molecular complexity index is 1340. The highest BCUT2D eigenvalue weighted by Crippen LogP contribution is 2.31. The summed E-state index contributed by atoms with van der Waals surface area (Å²) in [7, 11) is 3.43. The fourth-order valence-corrected chi connectivity index (χ4v) is 4.47. The van der Waals surface area contributed by atoms with Crippen molar-refractivity contribution in [3.8, 4) is 0 Å². The first kappa shape index (κ1) is 26.9. The standard InChI is InChI=1S/C27H35N7O4/c1-27(2,3)38-26(37)33-12-6-7-19(14-33)34-15-20(22-23(28)29-16-30-24(22)34)25(36)31-18-10-8-17(9-11-18)13-21(35)32(4)5/h8-11,15-16,19H,6-7,12-14H2,1-5H3,(H,31,36)(H2,28,29,30)/t19-/m1/s1. The largest absolute Gasteiger partial charge is 0.444 e. The van der Waals surface area contributed by atoms with Crippen LogP contribution in [0.3, 0.4) is 0 Å². The number of likely N-dealkylation sites (N-methyl/N-ethyl adjacent to an activating group) is 1. The Hall–Kier alpha value is -4.15. The molecule has 1 aliphatic rings. The van der Waals surface area contributed by atoms with Crippen molar-refractivity contribution in [1.82, 2.24) is 24.3 Å². The summed E-state index contributed by atoms with van der Waals surface area (Å²) in [5, 5.41) is 3.37. The Balaban J connectivity index is 1.57. The minimum absolute atomic E-state index is 0.00184. The molecular formula is C27H35N7O4. The zero-order valence-corrected chi connectivity index (χ0v) is 22.5. The highest BCUT2D eigenvalue weighted by molar-refractivity contribution is 6.14. The Kier molecular flexibility index (Phi) is 7.56. The van der Waals surface area contributed by atoms with Crippen molar-refractivity contribution in [2.24, 2.45) is 0 Å². The van der Waals surface area contributed by atoms with Crippen molar-refractivity contribution in [3.63, 3.8) is 0 Å². The fourth-order valence-electron chi connectivity index (χ4n) is 4.47. The van der Waals surface area contributed by atoms with E-state index in [1.807, 2.05) is 37.5 Å². The van der Waals surface area contributed by atoms with Crippen molar-refractivity contribution in [3.05, 3.63) is 47.9 Å². The summed E-state index contributed by atoms with van der Waals surface area (Å²) in [5.74, 6) is -0.151. The second-order valence-corrected chi connectivity index (χ2v) is 10.7. The van der Waals surface area contributed by atoms with Crippen LogP contribution >= 0.6 is 0 Å². The molecule has 0 unspecified atom stereocenters. The number of anilines is 2. The van der Waals surface area contributed by atoms with Gasteiger partial charge in [0.1, 0.15) is 23.4 Å². The second kappa shape index (κ2) is 10.7. The molecule has 4 rings (SSSR count). The molecule has 3 amide bonds. The number of rotatable bonds is 5. The summed E-state index contributed by atoms with van der Waals surface area (Å²) in [6, 6.07) is 7.03. The molecule has 3 N–H and O–H groups in total. The number of likely N-dealkylation sites (tertiary alicyclic amines) is 1. The first-order valence-electron chi connectivity index (χ1n) is 12.6. The maximum atomic E-state index is 13.4. The van der Waals surface area contributed by atoms with Crippen LogP contribution in [-0.4, -0.2) is 75.0 Å². The van der Waals surface area contributed by atoms with Crippen LogP contribution in [0.15, 0.2) is 36.8 Å². The third-order valence-corrected chi connectivity index (χ3v) is 6.39. The molecule has 3 aromatic rings. The molecule has 0 aliphatic carbocycles. The molecule has 1 fully saturated rings. The topological polar surface area (TPSA) is 136 Å². The van der Waals surface area contributed by atoms with E-state index >= 15 is 0 Å². The lowest BCUT2D eigenvalue weighted by atomic mass is 10.1. The van der Waals surface area contributed by atoms with E-state index in [1.54, 1.807) is 37.3 Å². The lowest BCUT2D eigenvalue weighted by molar-refractivity contribution is -0.127. The number of carbonyl (C=O) groups is 3. The molecule has 202 valence electrons. The molecule has 0 saturated carbocycles. The Morgan fingerprint density at radius 2 is 1.87 bits per heavy atom.